The number of aromatic nitrogens is 3. The highest BCUT2D eigenvalue weighted by molar-refractivity contribution is 5.94. The zero-order valence-electron chi connectivity index (χ0n) is 16.0. The molecule has 0 radical (unpaired) electrons. The van der Waals surface area contributed by atoms with E-state index in [4.69, 9.17) is 4.52 Å². The monoisotopic (exact) mass is 384 g/mol. The van der Waals surface area contributed by atoms with Crippen molar-refractivity contribution in [1.82, 2.24) is 25.8 Å². The lowest BCUT2D eigenvalue weighted by Crippen LogP contribution is -2.38. The number of nitrogens with zero attached hydrogens (tertiary/aromatic N) is 4. The van der Waals surface area contributed by atoms with Crippen molar-refractivity contribution in [2.24, 2.45) is 0 Å². The van der Waals surface area contributed by atoms with Gasteiger partial charge >= 0.3 is 0 Å². The summed E-state index contributed by atoms with van der Waals surface area (Å²) in [5.41, 5.74) is 0.465. The molecule has 0 aromatic carbocycles. The lowest BCUT2D eigenvalue weighted by molar-refractivity contribution is -0.121. The largest absolute Gasteiger partial charge is 0.354 e. The molecule has 0 spiro atoms. The van der Waals surface area contributed by atoms with Gasteiger partial charge in [-0.05, 0) is 25.0 Å². The van der Waals surface area contributed by atoms with Crippen LogP contribution in [-0.2, 0) is 11.3 Å². The first kappa shape index (κ1) is 18.4. The molecule has 4 rings (SSSR count). The highest BCUT2D eigenvalue weighted by Gasteiger charge is 2.38. The Labute approximate surface area is 162 Å². The minimum Gasteiger partial charge on any atom is -0.354 e. The molecule has 2 fully saturated rings. The average molecular weight is 384 g/mol. The highest BCUT2D eigenvalue weighted by atomic mass is 16.5. The summed E-state index contributed by atoms with van der Waals surface area (Å²) in [4.78, 5) is 35.1. The van der Waals surface area contributed by atoms with Crippen molar-refractivity contribution in [1.29, 1.82) is 0 Å². The number of rotatable bonds is 5. The van der Waals surface area contributed by atoms with Crippen LogP contribution in [0.25, 0.3) is 0 Å². The molecule has 9 heteroatoms. The zero-order chi connectivity index (χ0) is 19.7. The van der Waals surface area contributed by atoms with E-state index in [1.54, 1.807) is 12.3 Å². The molecule has 2 atom stereocenters. The van der Waals surface area contributed by atoms with Gasteiger partial charge in [-0.2, -0.15) is 4.98 Å². The molecule has 0 saturated carbocycles. The fourth-order valence-electron chi connectivity index (χ4n) is 3.76. The molecule has 0 unspecified atom stereocenters. The van der Waals surface area contributed by atoms with Gasteiger partial charge < -0.3 is 20.1 Å². The predicted octanol–water partition coefficient (Wildman–Crippen LogP) is 1.38. The van der Waals surface area contributed by atoms with E-state index in [1.807, 2.05) is 19.9 Å². The molecule has 0 aliphatic carbocycles. The number of hydrogen-bond donors (Lipinski definition) is 2. The maximum atomic E-state index is 12.4. The summed E-state index contributed by atoms with van der Waals surface area (Å²) < 4.78 is 5.13. The van der Waals surface area contributed by atoms with Crippen LogP contribution in [0.4, 0.5) is 5.82 Å². The molecule has 2 aliphatic rings. The van der Waals surface area contributed by atoms with E-state index in [2.05, 4.69) is 30.7 Å². The Kier molecular flexibility index (Phi) is 4.97. The molecule has 2 amide bonds. The quantitative estimate of drug-likeness (QED) is 0.800. The molecule has 2 aromatic heterocycles. The summed E-state index contributed by atoms with van der Waals surface area (Å²) in [5, 5.41) is 9.59. The van der Waals surface area contributed by atoms with Crippen molar-refractivity contribution in [3.05, 3.63) is 35.6 Å². The molecule has 28 heavy (non-hydrogen) atoms. The van der Waals surface area contributed by atoms with Crippen LogP contribution in [0.15, 0.2) is 22.9 Å². The standard InChI is InChI=1S/C19H24N6O3/c1-11(2)19-23-15(24-28-19)10-22-18(27)12-3-6-16(20-8-12)25-13-4-5-14(25)9-21-17(26)7-13/h3,6,8,11,13-14H,4-5,7,9-10H2,1-2H3,(H,21,26)(H,22,27)/t13-,14+/m1/s1. The SMILES string of the molecule is CC(C)c1nc(CNC(=O)c2ccc(N3[C@@H]4CC[C@H]3CNC(=O)C4)nc2)no1. The van der Waals surface area contributed by atoms with Crippen LogP contribution >= 0.6 is 0 Å². The predicted molar refractivity (Wildman–Crippen MR) is 101 cm³/mol. The molecular weight excluding hydrogens is 360 g/mol. The van der Waals surface area contributed by atoms with Gasteiger partial charge in [-0.25, -0.2) is 4.98 Å². The first-order chi connectivity index (χ1) is 13.5. The molecule has 148 valence electrons. The molecule has 2 N–H and O–H groups in total. The lowest BCUT2D eigenvalue weighted by Gasteiger charge is -2.28. The average Bonchev–Trinajstić information content (AvgIpc) is 3.27. The van der Waals surface area contributed by atoms with E-state index in [0.717, 1.165) is 18.7 Å². The highest BCUT2D eigenvalue weighted by Crippen LogP contribution is 2.32. The first-order valence-corrected chi connectivity index (χ1v) is 9.63. The van der Waals surface area contributed by atoms with Gasteiger partial charge in [0.2, 0.25) is 11.8 Å². The molecule has 9 nitrogen and oxygen atoms in total. The third kappa shape index (κ3) is 3.69. The Balaban J connectivity index is 1.40. The molecule has 2 bridgehead atoms. The van der Waals surface area contributed by atoms with Crippen molar-refractivity contribution >= 4 is 17.6 Å². The summed E-state index contributed by atoms with van der Waals surface area (Å²) in [6.07, 6.45) is 4.09. The number of pyridine rings is 1. The number of hydrogen-bond acceptors (Lipinski definition) is 7. The Morgan fingerprint density at radius 2 is 2.18 bits per heavy atom. The van der Waals surface area contributed by atoms with Crippen molar-refractivity contribution < 1.29 is 14.1 Å². The minimum atomic E-state index is -0.245. The van der Waals surface area contributed by atoms with Crippen LogP contribution in [0.2, 0.25) is 0 Å². The van der Waals surface area contributed by atoms with E-state index in [-0.39, 0.29) is 36.4 Å². The summed E-state index contributed by atoms with van der Waals surface area (Å²) in [6.45, 7) is 4.76. The Bertz CT molecular complexity index is 863. The van der Waals surface area contributed by atoms with Gasteiger partial charge in [0.15, 0.2) is 5.82 Å². The van der Waals surface area contributed by atoms with Gasteiger partial charge in [-0.1, -0.05) is 19.0 Å². The van der Waals surface area contributed by atoms with Gasteiger partial charge in [0, 0.05) is 37.2 Å². The Morgan fingerprint density at radius 1 is 1.36 bits per heavy atom. The number of anilines is 1. The van der Waals surface area contributed by atoms with E-state index in [1.165, 1.54) is 0 Å². The van der Waals surface area contributed by atoms with Crippen molar-refractivity contribution in [3.8, 4) is 0 Å². The second kappa shape index (κ2) is 7.57. The lowest BCUT2D eigenvalue weighted by atomic mass is 10.1. The number of nitrogens with one attached hydrogen (secondary N) is 2. The summed E-state index contributed by atoms with van der Waals surface area (Å²) >= 11 is 0. The van der Waals surface area contributed by atoms with Gasteiger partial charge in [-0.15, -0.1) is 0 Å². The van der Waals surface area contributed by atoms with Crippen molar-refractivity contribution in [2.75, 3.05) is 11.4 Å². The number of carbonyl (C=O) groups excluding carboxylic acids is 2. The van der Waals surface area contributed by atoms with Crippen LogP contribution < -0.4 is 15.5 Å². The number of fused-ring (bicyclic) bond motifs is 2. The molecule has 2 aliphatic heterocycles. The Hall–Kier alpha value is -2.97. The van der Waals surface area contributed by atoms with Crippen LogP contribution in [0.5, 0.6) is 0 Å². The third-order valence-electron chi connectivity index (χ3n) is 5.24. The fraction of sp³-hybridized carbons (Fsp3) is 0.526. The first-order valence-electron chi connectivity index (χ1n) is 9.63. The molecule has 4 heterocycles. The topological polar surface area (TPSA) is 113 Å². The van der Waals surface area contributed by atoms with Gasteiger partial charge in [-0.3, -0.25) is 9.59 Å². The van der Waals surface area contributed by atoms with E-state index in [9.17, 15) is 9.59 Å². The van der Waals surface area contributed by atoms with E-state index >= 15 is 0 Å². The van der Waals surface area contributed by atoms with Crippen LogP contribution in [0.3, 0.4) is 0 Å². The van der Waals surface area contributed by atoms with Crippen LogP contribution in [0.1, 0.15) is 61.1 Å². The molecular formula is C19H24N6O3. The van der Waals surface area contributed by atoms with E-state index in [0.29, 0.717) is 30.2 Å². The van der Waals surface area contributed by atoms with Gasteiger partial charge in [0.25, 0.3) is 5.91 Å². The van der Waals surface area contributed by atoms with Crippen molar-refractivity contribution in [3.63, 3.8) is 0 Å². The number of amides is 2. The summed E-state index contributed by atoms with van der Waals surface area (Å²) in [7, 11) is 0. The summed E-state index contributed by atoms with van der Waals surface area (Å²) in [5.74, 6) is 1.80. The van der Waals surface area contributed by atoms with Gasteiger partial charge in [0.1, 0.15) is 5.82 Å². The maximum absolute atomic E-state index is 12.4. The van der Waals surface area contributed by atoms with Gasteiger partial charge in [0.05, 0.1) is 12.1 Å². The maximum Gasteiger partial charge on any atom is 0.253 e. The second-order valence-electron chi connectivity index (χ2n) is 7.59. The third-order valence-corrected chi connectivity index (χ3v) is 5.24. The normalized spacial score (nSPS) is 21.5. The zero-order valence-corrected chi connectivity index (χ0v) is 16.0. The second-order valence-corrected chi connectivity index (χ2v) is 7.59. The molecule has 2 saturated heterocycles. The van der Waals surface area contributed by atoms with Crippen LogP contribution in [0, 0.1) is 0 Å². The molecule has 2 aromatic rings. The van der Waals surface area contributed by atoms with E-state index < -0.39 is 0 Å². The summed E-state index contributed by atoms with van der Waals surface area (Å²) in [6, 6.07) is 4.04. The van der Waals surface area contributed by atoms with Crippen molar-refractivity contribution in [2.45, 2.75) is 57.7 Å². The fourth-order valence-corrected chi connectivity index (χ4v) is 3.76. The van der Waals surface area contributed by atoms with Crippen LogP contribution in [-0.4, -0.2) is 45.6 Å². The Morgan fingerprint density at radius 3 is 2.89 bits per heavy atom. The number of carbonyl (C=O) groups is 2. The smallest absolute Gasteiger partial charge is 0.253 e. The minimum absolute atomic E-state index is 0.0929.